The quantitative estimate of drug-likeness (QED) is 0.934. The maximum Gasteiger partial charge on any atom is 0.255 e. The highest BCUT2D eigenvalue weighted by Crippen LogP contribution is 2.25. The summed E-state index contributed by atoms with van der Waals surface area (Å²) in [5.74, 6) is 1.50. The number of rotatable bonds is 3. The van der Waals surface area contributed by atoms with E-state index in [2.05, 4.69) is 11.4 Å². The summed E-state index contributed by atoms with van der Waals surface area (Å²) in [4.78, 5) is 12.0. The lowest BCUT2D eigenvalue weighted by Crippen LogP contribution is -2.23. The number of hydrogen-bond donors (Lipinski definition) is 1. The Morgan fingerprint density at radius 3 is 3.05 bits per heavy atom. The third-order valence-corrected chi connectivity index (χ3v) is 3.53. The Morgan fingerprint density at radius 1 is 1.35 bits per heavy atom. The highest BCUT2D eigenvalue weighted by Gasteiger charge is 2.13. The first-order valence-corrected chi connectivity index (χ1v) is 6.81. The molecule has 1 aliphatic heterocycles. The monoisotopic (exact) mass is 271 g/mol. The van der Waals surface area contributed by atoms with Gasteiger partial charge in [-0.1, -0.05) is 12.1 Å². The van der Waals surface area contributed by atoms with Gasteiger partial charge in [0.15, 0.2) is 0 Å². The van der Waals surface area contributed by atoms with E-state index in [9.17, 15) is 4.79 Å². The van der Waals surface area contributed by atoms with Gasteiger partial charge in [0.1, 0.15) is 11.5 Å². The lowest BCUT2D eigenvalue weighted by molar-refractivity contribution is 0.0949. The number of carbonyl (C=O) groups excluding carboxylic acids is 1. The molecule has 0 spiro atoms. The van der Waals surface area contributed by atoms with Crippen molar-refractivity contribution >= 4 is 5.91 Å². The van der Waals surface area contributed by atoms with Crippen LogP contribution in [0.1, 0.15) is 33.7 Å². The van der Waals surface area contributed by atoms with Gasteiger partial charge in [-0.3, -0.25) is 4.79 Å². The number of carbonyl (C=O) groups is 1. The topological polar surface area (TPSA) is 51.5 Å². The second kappa shape index (κ2) is 5.41. The normalized spacial score (nSPS) is 13.4. The molecule has 20 heavy (non-hydrogen) atoms. The van der Waals surface area contributed by atoms with E-state index in [0.717, 1.165) is 30.8 Å². The largest absolute Gasteiger partial charge is 0.493 e. The molecular formula is C16H17NO3. The highest BCUT2D eigenvalue weighted by atomic mass is 16.5. The predicted molar refractivity (Wildman–Crippen MR) is 74.9 cm³/mol. The van der Waals surface area contributed by atoms with E-state index in [1.807, 2.05) is 12.1 Å². The molecule has 0 aliphatic carbocycles. The number of ether oxygens (including phenoxy) is 1. The molecule has 2 heterocycles. The van der Waals surface area contributed by atoms with Crippen molar-refractivity contribution in [3.8, 4) is 5.75 Å². The molecule has 4 nitrogen and oxygen atoms in total. The Balaban J connectivity index is 1.67. The van der Waals surface area contributed by atoms with E-state index in [0.29, 0.717) is 17.9 Å². The first-order valence-electron chi connectivity index (χ1n) is 6.81. The lowest BCUT2D eigenvalue weighted by atomic mass is 10.0. The fraction of sp³-hybridized carbons (Fsp3) is 0.312. The van der Waals surface area contributed by atoms with Crippen molar-refractivity contribution in [3.63, 3.8) is 0 Å². The van der Waals surface area contributed by atoms with Crippen LogP contribution in [0.2, 0.25) is 0 Å². The van der Waals surface area contributed by atoms with Gasteiger partial charge in [-0.25, -0.2) is 0 Å². The molecule has 2 aromatic rings. The molecule has 3 rings (SSSR count). The van der Waals surface area contributed by atoms with Gasteiger partial charge in [0.2, 0.25) is 0 Å². The second-order valence-electron chi connectivity index (χ2n) is 4.97. The minimum Gasteiger partial charge on any atom is -0.493 e. The van der Waals surface area contributed by atoms with Crippen molar-refractivity contribution in [1.82, 2.24) is 5.32 Å². The minimum absolute atomic E-state index is 0.106. The molecule has 1 amide bonds. The molecule has 0 saturated heterocycles. The summed E-state index contributed by atoms with van der Waals surface area (Å²) in [6.07, 6.45) is 3.62. The molecule has 0 bridgehead atoms. The van der Waals surface area contributed by atoms with Crippen molar-refractivity contribution in [2.75, 3.05) is 6.61 Å². The average molecular weight is 271 g/mol. The van der Waals surface area contributed by atoms with Crippen molar-refractivity contribution in [1.29, 1.82) is 0 Å². The average Bonchev–Trinajstić information content (AvgIpc) is 2.91. The maximum absolute atomic E-state index is 12.0. The molecule has 1 aromatic carbocycles. The van der Waals surface area contributed by atoms with Gasteiger partial charge in [0.25, 0.3) is 5.91 Å². The lowest BCUT2D eigenvalue weighted by Gasteiger charge is -2.18. The van der Waals surface area contributed by atoms with Crippen LogP contribution in [-0.2, 0) is 13.0 Å². The van der Waals surface area contributed by atoms with Crippen molar-refractivity contribution in [2.45, 2.75) is 26.3 Å². The van der Waals surface area contributed by atoms with Crippen LogP contribution in [-0.4, -0.2) is 12.5 Å². The molecule has 104 valence electrons. The Bertz CT molecular complexity index is 630. The van der Waals surface area contributed by atoms with Crippen LogP contribution in [0.5, 0.6) is 5.75 Å². The second-order valence-corrected chi connectivity index (χ2v) is 4.97. The fourth-order valence-corrected chi connectivity index (χ4v) is 2.42. The zero-order chi connectivity index (χ0) is 13.9. The zero-order valence-electron chi connectivity index (χ0n) is 11.4. The van der Waals surface area contributed by atoms with Crippen LogP contribution < -0.4 is 10.1 Å². The summed E-state index contributed by atoms with van der Waals surface area (Å²) < 4.78 is 10.7. The summed E-state index contributed by atoms with van der Waals surface area (Å²) >= 11 is 0. The van der Waals surface area contributed by atoms with Crippen molar-refractivity contribution in [2.24, 2.45) is 0 Å². The smallest absolute Gasteiger partial charge is 0.255 e. The van der Waals surface area contributed by atoms with Crippen LogP contribution in [0.15, 0.2) is 34.9 Å². The first-order chi connectivity index (χ1) is 9.74. The number of nitrogens with one attached hydrogen (secondary N) is 1. The Kier molecular flexibility index (Phi) is 3.46. The van der Waals surface area contributed by atoms with E-state index >= 15 is 0 Å². The number of aryl methyl sites for hydroxylation is 2. The molecule has 0 unspecified atom stereocenters. The number of fused-ring (bicyclic) bond motifs is 1. The Morgan fingerprint density at radius 2 is 2.25 bits per heavy atom. The Labute approximate surface area is 117 Å². The number of amides is 1. The summed E-state index contributed by atoms with van der Waals surface area (Å²) in [7, 11) is 0. The standard InChI is InChI=1S/C16H17NO3/c1-11-14(6-8-19-11)16(18)17-10-12-4-5-15-13(9-12)3-2-7-20-15/h4-6,8-9H,2-3,7,10H2,1H3,(H,17,18). The number of benzene rings is 1. The van der Waals surface area contributed by atoms with Crippen LogP contribution in [0.25, 0.3) is 0 Å². The summed E-state index contributed by atoms with van der Waals surface area (Å²) in [5, 5.41) is 2.91. The molecular weight excluding hydrogens is 254 g/mol. The van der Waals surface area contributed by atoms with Gasteiger partial charge < -0.3 is 14.5 Å². The van der Waals surface area contributed by atoms with Crippen LogP contribution in [0.4, 0.5) is 0 Å². The fourth-order valence-electron chi connectivity index (χ4n) is 2.42. The third kappa shape index (κ3) is 2.54. The van der Waals surface area contributed by atoms with Crippen molar-refractivity contribution < 1.29 is 13.9 Å². The van der Waals surface area contributed by atoms with E-state index in [1.54, 1.807) is 13.0 Å². The van der Waals surface area contributed by atoms with Gasteiger partial charge in [0.05, 0.1) is 18.4 Å². The molecule has 4 heteroatoms. The van der Waals surface area contributed by atoms with Gasteiger partial charge in [-0.15, -0.1) is 0 Å². The molecule has 0 radical (unpaired) electrons. The van der Waals surface area contributed by atoms with E-state index in [-0.39, 0.29) is 5.91 Å². The third-order valence-electron chi connectivity index (χ3n) is 3.53. The Hall–Kier alpha value is -2.23. The summed E-state index contributed by atoms with van der Waals surface area (Å²) in [6, 6.07) is 7.77. The molecule has 1 aliphatic rings. The van der Waals surface area contributed by atoms with Gasteiger partial charge >= 0.3 is 0 Å². The van der Waals surface area contributed by atoms with E-state index in [1.165, 1.54) is 11.8 Å². The maximum atomic E-state index is 12.0. The molecule has 0 fully saturated rings. The van der Waals surface area contributed by atoms with Crippen LogP contribution in [0, 0.1) is 6.92 Å². The van der Waals surface area contributed by atoms with E-state index < -0.39 is 0 Å². The SMILES string of the molecule is Cc1occc1C(=O)NCc1ccc2c(c1)CCCO2. The van der Waals surface area contributed by atoms with E-state index in [4.69, 9.17) is 9.15 Å². The minimum atomic E-state index is -0.106. The molecule has 1 N–H and O–H groups in total. The molecule has 1 aromatic heterocycles. The summed E-state index contributed by atoms with van der Waals surface area (Å²) in [5.41, 5.74) is 2.90. The first kappa shape index (κ1) is 12.8. The molecule has 0 saturated carbocycles. The molecule has 0 atom stereocenters. The summed E-state index contributed by atoms with van der Waals surface area (Å²) in [6.45, 7) is 3.09. The van der Waals surface area contributed by atoms with Crippen molar-refractivity contribution in [3.05, 3.63) is 53.0 Å². The number of furan rings is 1. The van der Waals surface area contributed by atoms with Crippen LogP contribution >= 0.6 is 0 Å². The van der Waals surface area contributed by atoms with Crippen LogP contribution in [0.3, 0.4) is 0 Å². The van der Waals surface area contributed by atoms with Gasteiger partial charge in [-0.05, 0) is 43.0 Å². The zero-order valence-corrected chi connectivity index (χ0v) is 11.4. The predicted octanol–water partition coefficient (Wildman–Crippen LogP) is 2.84. The number of hydrogen-bond acceptors (Lipinski definition) is 3. The highest BCUT2D eigenvalue weighted by molar-refractivity contribution is 5.94. The van der Waals surface area contributed by atoms with Gasteiger partial charge in [0, 0.05) is 6.54 Å². The van der Waals surface area contributed by atoms with Gasteiger partial charge in [-0.2, -0.15) is 0 Å².